The number of halogens is 1. The molecule has 2 aromatic rings. The van der Waals surface area contributed by atoms with Crippen LogP contribution in [0.1, 0.15) is 49.8 Å². The number of nitrogens with zero attached hydrogens (tertiary/aromatic N) is 3. The van der Waals surface area contributed by atoms with Crippen LogP contribution in [0, 0.1) is 5.82 Å². The fourth-order valence-electron chi connectivity index (χ4n) is 5.21. The highest BCUT2D eigenvalue weighted by molar-refractivity contribution is 7.91. The van der Waals surface area contributed by atoms with Gasteiger partial charge in [-0.1, -0.05) is 37.5 Å². The maximum Gasteiger partial charge on any atom is 0.237 e. The van der Waals surface area contributed by atoms with Crippen LogP contribution in [-0.4, -0.2) is 65.8 Å². The Morgan fingerprint density at radius 3 is 2.41 bits per heavy atom. The van der Waals surface area contributed by atoms with E-state index in [0.717, 1.165) is 36.9 Å². The third-order valence-electron chi connectivity index (χ3n) is 6.95. The van der Waals surface area contributed by atoms with Crippen molar-refractivity contribution in [2.75, 3.05) is 24.6 Å². The van der Waals surface area contributed by atoms with Gasteiger partial charge < -0.3 is 4.90 Å². The number of carbonyl (C=O) groups excluding carboxylic acids is 1. The number of carbonyl (C=O) groups is 1. The summed E-state index contributed by atoms with van der Waals surface area (Å²) in [5.74, 6) is -0.0585. The quantitative estimate of drug-likeness (QED) is 0.540. The van der Waals surface area contributed by atoms with Crippen LogP contribution in [0.25, 0.3) is 0 Å². The predicted molar refractivity (Wildman–Crippen MR) is 130 cm³/mol. The highest BCUT2D eigenvalue weighted by Crippen LogP contribution is 2.28. The minimum atomic E-state index is -3.09. The average molecular weight is 488 g/mol. The van der Waals surface area contributed by atoms with Crippen LogP contribution in [0.3, 0.4) is 0 Å². The van der Waals surface area contributed by atoms with E-state index in [2.05, 4.69) is 9.88 Å². The highest BCUT2D eigenvalue weighted by Gasteiger charge is 2.38. The summed E-state index contributed by atoms with van der Waals surface area (Å²) >= 11 is 0. The third-order valence-corrected chi connectivity index (χ3v) is 8.70. The van der Waals surface area contributed by atoms with Crippen molar-refractivity contribution in [1.29, 1.82) is 0 Å². The fraction of sp³-hybridized carbons (Fsp3) is 0.538. The van der Waals surface area contributed by atoms with E-state index in [4.69, 9.17) is 0 Å². The van der Waals surface area contributed by atoms with Gasteiger partial charge in [-0.15, -0.1) is 0 Å². The summed E-state index contributed by atoms with van der Waals surface area (Å²) < 4.78 is 37.8. The van der Waals surface area contributed by atoms with Crippen LogP contribution in [-0.2, 0) is 27.6 Å². The molecule has 1 saturated heterocycles. The van der Waals surface area contributed by atoms with E-state index >= 15 is 0 Å². The molecule has 1 unspecified atom stereocenters. The summed E-state index contributed by atoms with van der Waals surface area (Å²) in [6, 6.07) is 12.0. The minimum absolute atomic E-state index is 0.00266. The topological polar surface area (TPSA) is 70.6 Å². The molecule has 8 heteroatoms. The molecule has 1 amide bonds. The molecule has 1 aliphatic carbocycles. The van der Waals surface area contributed by atoms with Gasteiger partial charge in [0.1, 0.15) is 5.82 Å². The maximum absolute atomic E-state index is 13.7. The molecule has 0 spiro atoms. The zero-order chi connectivity index (χ0) is 24.0. The lowest BCUT2D eigenvalue weighted by Gasteiger charge is -2.39. The molecule has 6 nitrogen and oxygen atoms in total. The van der Waals surface area contributed by atoms with Crippen molar-refractivity contribution >= 4 is 15.7 Å². The van der Waals surface area contributed by atoms with Gasteiger partial charge in [0, 0.05) is 43.5 Å². The lowest BCUT2D eigenvalue weighted by atomic mass is 9.92. The summed E-state index contributed by atoms with van der Waals surface area (Å²) in [4.78, 5) is 22.1. The maximum atomic E-state index is 13.7. The Morgan fingerprint density at radius 1 is 1.00 bits per heavy atom. The van der Waals surface area contributed by atoms with Gasteiger partial charge in [0.2, 0.25) is 5.91 Å². The van der Waals surface area contributed by atoms with Crippen LogP contribution in [0.2, 0.25) is 0 Å². The van der Waals surface area contributed by atoms with Crippen LogP contribution in [0.5, 0.6) is 0 Å². The second-order valence-corrected chi connectivity index (χ2v) is 11.8. The van der Waals surface area contributed by atoms with Crippen LogP contribution < -0.4 is 0 Å². The van der Waals surface area contributed by atoms with E-state index in [-0.39, 0.29) is 41.9 Å². The Bertz CT molecular complexity index is 1040. The predicted octanol–water partition coefficient (Wildman–Crippen LogP) is 3.61. The number of hydrogen-bond donors (Lipinski definition) is 0. The molecule has 1 atom stereocenters. The first-order valence-electron chi connectivity index (χ1n) is 12.3. The van der Waals surface area contributed by atoms with E-state index in [0.29, 0.717) is 25.9 Å². The summed E-state index contributed by atoms with van der Waals surface area (Å²) in [6.45, 7) is 1.35. The number of sulfone groups is 1. The largest absolute Gasteiger partial charge is 0.335 e. The van der Waals surface area contributed by atoms with Gasteiger partial charge in [-0.05, 0) is 49.1 Å². The standard InChI is InChI=1S/C26H34FN3O3S/c27-22-11-9-21(10-12-22)18-29(16-13-23-6-4-5-15-28-23)19-26(31)30(24-7-2-1-3-8-24)25-14-17-34(32,33)20-25/h4-6,9-12,15,24-25H,1-3,7-8,13-14,16-20H2. The molecule has 1 aliphatic heterocycles. The Labute approximate surface area is 202 Å². The van der Waals surface area contributed by atoms with Crippen molar-refractivity contribution in [3.63, 3.8) is 0 Å². The third kappa shape index (κ3) is 6.85. The normalized spacial score (nSPS) is 20.5. The molecule has 0 radical (unpaired) electrons. The lowest BCUT2D eigenvalue weighted by Crippen LogP contribution is -2.52. The fourth-order valence-corrected chi connectivity index (χ4v) is 6.92. The Morgan fingerprint density at radius 2 is 1.76 bits per heavy atom. The number of pyridine rings is 1. The Balaban J connectivity index is 1.51. The van der Waals surface area contributed by atoms with Gasteiger partial charge in [-0.3, -0.25) is 14.7 Å². The number of aromatic nitrogens is 1. The molecule has 1 aromatic carbocycles. The SMILES string of the molecule is O=C(CN(CCc1ccccn1)Cc1ccc(F)cc1)N(C1CCCCC1)C1CCS(=O)(=O)C1. The van der Waals surface area contributed by atoms with Gasteiger partial charge in [0.05, 0.1) is 18.1 Å². The number of amides is 1. The molecule has 1 saturated carbocycles. The van der Waals surface area contributed by atoms with Crippen molar-refractivity contribution in [2.45, 2.75) is 63.6 Å². The lowest BCUT2D eigenvalue weighted by molar-refractivity contribution is -0.138. The molecule has 4 rings (SSSR count). The highest BCUT2D eigenvalue weighted by atomic mass is 32.2. The van der Waals surface area contributed by atoms with Crippen molar-refractivity contribution < 1.29 is 17.6 Å². The monoisotopic (exact) mass is 487 g/mol. The van der Waals surface area contributed by atoms with Crippen LogP contribution in [0.4, 0.5) is 4.39 Å². The van der Waals surface area contributed by atoms with Crippen molar-refractivity contribution in [2.24, 2.45) is 0 Å². The molecule has 0 bridgehead atoms. The first-order chi connectivity index (χ1) is 16.4. The van der Waals surface area contributed by atoms with E-state index in [1.807, 2.05) is 23.1 Å². The smallest absolute Gasteiger partial charge is 0.237 e. The van der Waals surface area contributed by atoms with Gasteiger partial charge >= 0.3 is 0 Å². The molecule has 2 heterocycles. The Kier molecular flexibility index (Phi) is 8.32. The molecule has 184 valence electrons. The summed E-state index contributed by atoms with van der Waals surface area (Å²) in [5, 5.41) is 0. The van der Waals surface area contributed by atoms with E-state index in [9.17, 15) is 17.6 Å². The van der Waals surface area contributed by atoms with E-state index < -0.39 is 9.84 Å². The van der Waals surface area contributed by atoms with Gasteiger partial charge in [-0.25, -0.2) is 12.8 Å². The summed E-state index contributed by atoms with van der Waals surface area (Å²) in [5.41, 5.74) is 1.88. The second-order valence-electron chi connectivity index (χ2n) is 9.56. The molecular formula is C26H34FN3O3S. The first-order valence-corrected chi connectivity index (χ1v) is 14.1. The molecule has 2 fully saturated rings. The average Bonchev–Trinajstić information content (AvgIpc) is 3.19. The van der Waals surface area contributed by atoms with Crippen molar-refractivity contribution in [3.8, 4) is 0 Å². The number of rotatable bonds is 9. The van der Waals surface area contributed by atoms with Crippen LogP contribution in [0.15, 0.2) is 48.7 Å². The Hall–Kier alpha value is -2.32. The van der Waals surface area contributed by atoms with E-state index in [1.165, 1.54) is 18.6 Å². The zero-order valence-corrected chi connectivity index (χ0v) is 20.4. The van der Waals surface area contributed by atoms with Crippen LogP contribution >= 0.6 is 0 Å². The molecular weight excluding hydrogens is 453 g/mol. The second kappa shape index (κ2) is 11.4. The summed E-state index contributed by atoms with van der Waals surface area (Å²) in [7, 11) is -3.09. The molecule has 1 aromatic heterocycles. The van der Waals surface area contributed by atoms with Crippen molar-refractivity contribution in [1.82, 2.24) is 14.8 Å². The zero-order valence-electron chi connectivity index (χ0n) is 19.6. The first kappa shape index (κ1) is 24.8. The van der Waals surface area contributed by atoms with Gasteiger partial charge in [0.15, 0.2) is 9.84 Å². The molecule has 2 aliphatic rings. The number of hydrogen-bond acceptors (Lipinski definition) is 5. The number of benzene rings is 1. The minimum Gasteiger partial charge on any atom is -0.335 e. The molecule has 34 heavy (non-hydrogen) atoms. The van der Waals surface area contributed by atoms with Gasteiger partial charge in [-0.2, -0.15) is 0 Å². The molecule has 0 N–H and O–H groups in total. The van der Waals surface area contributed by atoms with Crippen molar-refractivity contribution in [3.05, 3.63) is 65.7 Å². The van der Waals surface area contributed by atoms with E-state index in [1.54, 1.807) is 18.3 Å². The summed E-state index contributed by atoms with van der Waals surface area (Å²) in [6.07, 6.45) is 8.17. The van der Waals surface area contributed by atoms with Gasteiger partial charge in [0.25, 0.3) is 0 Å².